The Morgan fingerprint density at radius 2 is 2.06 bits per heavy atom. The van der Waals surface area contributed by atoms with Crippen LogP contribution in [0.5, 0.6) is 0 Å². The molecule has 0 aromatic rings. The number of thioether (sulfide) groups is 1. The number of rotatable bonds is 5. The van der Waals surface area contributed by atoms with E-state index >= 15 is 0 Å². The number of allylic oxidation sites excluding steroid dienone is 2. The maximum Gasteiger partial charge on any atom is 0.441 e. The van der Waals surface area contributed by atoms with Crippen molar-refractivity contribution in [2.45, 2.75) is 18.3 Å². The summed E-state index contributed by atoms with van der Waals surface area (Å²) in [5, 5.41) is 3.13. The predicted octanol–water partition coefficient (Wildman–Crippen LogP) is 3.04. The first-order valence-electron chi connectivity index (χ1n) is 5.64. The summed E-state index contributed by atoms with van der Waals surface area (Å²) < 4.78 is 35.5. The van der Waals surface area contributed by atoms with Crippen molar-refractivity contribution in [3.8, 4) is 0 Å². The summed E-state index contributed by atoms with van der Waals surface area (Å²) in [5.41, 5.74) is -4.09. The third-order valence-electron chi connectivity index (χ3n) is 3.37. The maximum absolute atomic E-state index is 11.8. The third kappa shape index (κ3) is 3.42. The zero-order valence-electron chi connectivity index (χ0n) is 8.96. The van der Waals surface area contributed by atoms with E-state index in [9.17, 15) is 13.2 Å². The molecule has 2 bridgehead atoms. The minimum absolute atomic E-state index is 0.0549. The summed E-state index contributed by atoms with van der Waals surface area (Å²) in [6.45, 7) is 1.31. The van der Waals surface area contributed by atoms with Crippen LogP contribution in [-0.2, 0) is 0 Å². The first kappa shape index (κ1) is 12.3. The molecule has 0 amide bonds. The Bertz CT molecular complexity index is 264. The van der Waals surface area contributed by atoms with Gasteiger partial charge in [0.05, 0.1) is 0 Å². The van der Waals surface area contributed by atoms with Gasteiger partial charge in [-0.05, 0) is 48.9 Å². The Labute approximate surface area is 97.9 Å². The van der Waals surface area contributed by atoms with Crippen molar-refractivity contribution in [1.29, 1.82) is 0 Å². The Morgan fingerprint density at radius 1 is 1.25 bits per heavy atom. The van der Waals surface area contributed by atoms with E-state index in [1.54, 1.807) is 0 Å². The summed E-state index contributed by atoms with van der Waals surface area (Å²) in [4.78, 5) is 0. The summed E-state index contributed by atoms with van der Waals surface area (Å²) in [5.74, 6) is 2.17. The summed E-state index contributed by atoms with van der Waals surface area (Å²) in [7, 11) is 0. The van der Waals surface area contributed by atoms with Crippen molar-refractivity contribution in [2.75, 3.05) is 18.8 Å². The van der Waals surface area contributed by atoms with E-state index in [0.717, 1.165) is 12.5 Å². The fraction of sp³-hybridized carbons (Fsp3) is 0.818. The Hall–Kier alpha value is -0.160. The molecule has 1 saturated carbocycles. The second-order valence-electron chi connectivity index (χ2n) is 4.54. The monoisotopic (exact) mass is 251 g/mol. The number of fused-ring (bicyclic) bond motifs is 2. The van der Waals surface area contributed by atoms with Gasteiger partial charge in [0.15, 0.2) is 0 Å². The van der Waals surface area contributed by atoms with Gasteiger partial charge in [-0.25, -0.2) is 0 Å². The lowest BCUT2D eigenvalue weighted by atomic mass is 9.94. The number of hydrogen-bond donors (Lipinski definition) is 1. The molecule has 1 nitrogen and oxygen atoms in total. The topological polar surface area (TPSA) is 12.0 Å². The van der Waals surface area contributed by atoms with Crippen LogP contribution in [0.1, 0.15) is 12.8 Å². The zero-order chi connectivity index (χ0) is 11.6. The molecule has 0 saturated heterocycles. The molecule has 0 spiro atoms. The van der Waals surface area contributed by atoms with Crippen LogP contribution in [0.25, 0.3) is 0 Å². The molecule has 2 aliphatic rings. The highest BCUT2D eigenvalue weighted by Crippen LogP contribution is 2.42. The van der Waals surface area contributed by atoms with Gasteiger partial charge in [-0.15, -0.1) is 0 Å². The molecular weight excluding hydrogens is 235 g/mol. The van der Waals surface area contributed by atoms with Gasteiger partial charge in [0, 0.05) is 12.3 Å². The minimum atomic E-state index is -4.09. The Morgan fingerprint density at radius 3 is 2.62 bits per heavy atom. The van der Waals surface area contributed by atoms with Gasteiger partial charge in [-0.3, -0.25) is 0 Å². The second-order valence-corrected chi connectivity index (χ2v) is 5.70. The van der Waals surface area contributed by atoms with Gasteiger partial charge >= 0.3 is 5.51 Å². The largest absolute Gasteiger partial charge is 0.441 e. The Kier molecular flexibility index (Phi) is 3.85. The van der Waals surface area contributed by atoms with Gasteiger partial charge in [-0.1, -0.05) is 12.2 Å². The van der Waals surface area contributed by atoms with Gasteiger partial charge in [0.1, 0.15) is 0 Å². The van der Waals surface area contributed by atoms with Crippen molar-refractivity contribution in [3.05, 3.63) is 12.2 Å². The van der Waals surface area contributed by atoms with Crippen molar-refractivity contribution >= 4 is 11.8 Å². The lowest BCUT2D eigenvalue weighted by Gasteiger charge is -2.18. The van der Waals surface area contributed by atoms with Crippen molar-refractivity contribution in [1.82, 2.24) is 5.32 Å². The molecule has 0 heterocycles. The molecule has 1 N–H and O–H groups in total. The fourth-order valence-corrected chi connectivity index (χ4v) is 3.13. The van der Waals surface area contributed by atoms with Crippen LogP contribution >= 0.6 is 11.8 Å². The van der Waals surface area contributed by atoms with E-state index in [1.165, 1.54) is 12.8 Å². The van der Waals surface area contributed by atoms with Crippen molar-refractivity contribution in [3.63, 3.8) is 0 Å². The Balaban J connectivity index is 1.54. The summed E-state index contributed by atoms with van der Waals surface area (Å²) in [6, 6.07) is 0. The van der Waals surface area contributed by atoms with Gasteiger partial charge < -0.3 is 5.32 Å². The van der Waals surface area contributed by atoms with Gasteiger partial charge in [0.25, 0.3) is 0 Å². The minimum Gasteiger partial charge on any atom is -0.316 e. The maximum atomic E-state index is 11.8. The lowest BCUT2D eigenvalue weighted by Crippen LogP contribution is -2.27. The predicted molar refractivity (Wildman–Crippen MR) is 60.2 cm³/mol. The van der Waals surface area contributed by atoms with Crippen LogP contribution in [0.3, 0.4) is 0 Å². The van der Waals surface area contributed by atoms with Crippen LogP contribution in [0.2, 0.25) is 0 Å². The second kappa shape index (κ2) is 5.00. The molecule has 1 fully saturated rings. The van der Waals surface area contributed by atoms with Crippen LogP contribution < -0.4 is 5.32 Å². The highest BCUT2D eigenvalue weighted by molar-refractivity contribution is 8.00. The fourth-order valence-electron chi connectivity index (χ4n) is 2.66. The lowest BCUT2D eigenvalue weighted by molar-refractivity contribution is -0.0327. The summed E-state index contributed by atoms with van der Waals surface area (Å²) in [6.07, 6.45) is 7.01. The van der Waals surface area contributed by atoms with Crippen LogP contribution in [0.15, 0.2) is 12.2 Å². The molecule has 2 rings (SSSR count). The van der Waals surface area contributed by atoms with E-state index in [0.29, 0.717) is 18.4 Å². The molecule has 16 heavy (non-hydrogen) atoms. The quantitative estimate of drug-likeness (QED) is 0.595. The van der Waals surface area contributed by atoms with Crippen molar-refractivity contribution < 1.29 is 13.2 Å². The molecule has 0 aromatic carbocycles. The SMILES string of the molecule is FC(F)(F)SCCNCC1CC2C=CC1C2. The highest BCUT2D eigenvalue weighted by Gasteiger charge is 2.35. The van der Waals surface area contributed by atoms with E-state index in [1.807, 2.05) is 0 Å². The smallest absolute Gasteiger partial charge is 0.316 e. The number of halogens is 3. The molecule has 0 aliphatic heterocycles. The van der Waals surface area contributed by atoms with E-state index in [2.05, 4.69) is 17.5 Å². The van der Waals surface area contributed by atoms with Gasteiger partial charge in [-0.2, -0.15) is 13.2 Å². The molecule has 3 unspecified atom stereocenters. The average Bonchev–Trinajstić information content (AvgIpc) is 2.76. The molecule has 2 aliphatic carbocycles. The van der Waals surface area contributed by atoms with Crippen LogP contribution in [0, 0.1) is 17.8 Å². The van der Waals surface area contributed by atoms with E-state index in [4.69, 9.17) is 0 Å². The van der Waals surface area contributed by atoms with Crippen LogP contribution in [0.4, 0.5) is 13.2 Å². The molecule has 3 atom stereocenters. The van der Waals surface area contributed by atoms with Gasteiger partial charge in [0.2, 0.25) is 0 Å². The highest BCUT2D eigenvalue weighted by atomic mass is 32.2. The number of alkyl halides is 3. The normalized spacial score (nSPS) is 32.6. The molecule has 5 heteroatoms. The molecule has 0 aromatic heterocycles. The number of nitrogens with one attached hydrogen (secondary N) is 1. The zero-order valence-corrected chi connectivity index (χ0v) is 9.78. The first-order valence-corrected chi connectivity index (χ1v) is 6.63. The summed E-state index contributed by atoms with van der Waals surface area (Å²) >= 11 is 0.0549. The molecule has 92 valence electrons. The standard InChI is InChI=1S/C11H16F3NS/c12-11(13,14)16-4-3-15-7-10-6-8-1-2-9(10)5-8/h1-2,8-10,15H,3-7H2. The van der Waals surface area contributed by atoms with Crippen molar-refractivity contribution in [2.24, 2.45) is 17.8 Å². The average molecular weight is 251 g/mol. The first-order chi connectivity index (χ1) is 7.54. The van der Waals surface area contributed by atoms with E-state index < -0.39 is 5.51 Å². The number of hydrogen-bond acceptors (Lipinski definition) is 2. The molecule has 0 radical (unpaired) electrons. The third-order valence-corrected chi connectivity index (χ3v) is 4.10. The van der Waals surface area contributed by atoms with E-state index in [-0.39, 0.29) is 17.5 Å². The molecular formula is C11H16F3NS. The van der Waals surface area contributed by atoms with Crippen LogP contribution in [-0.4, -0.2) is 24.4 Å².